The summed E-state index contributed by atoms with van der Waals surface area (Å²) < 4.78 is 4.63. The van der Waals surface area contributed by atoms with Crippen LogP contribution in [0.4, 0.5) is 9.93 Å². The topological polar surface area (TPSA) is 51.2 Å². The molecule has 0 unspecified atom stereocenters. The Kier molecular flexibility index (Phi) is 7.30. The van der Waals surface area contributed by atoms with Crippen molar-refractivity contribution in [3.8, 4) is 0 Å². The molecule has 1 aromatic heterocycles. The Morgan fingerprint density at radius 1 is 1.83 bits per heavy atom. The molecule has 1 amide bonds. The first-order chi connectivity index (χ1) is 5.33. The van der Waals surface area contributed by atoms with Crippen LogP contribution in [0.2, 0.25) is 0 Å². The van der Waals surface area contributed by atoms with E-state index in [0.717, 1.165) is 0 Å². The van der Waals surface area contributed by atoms with E-state index in [2.05, 4.69) is 15.0 Å². The fraction of sp³-hybridized carbons (Fsp3) is 0.333. The second kappa shape index (κ2) is 6.99. The van der Waals surface area contributed by atoms with Gasteiger partial charge in [0.25, 0.3) is 0 Å². The number of thiazole rings is 1. The van der Waals surface area contributed by atoms with Crippen LogP contribution in [-0.2, 0) is 4.74 Å². The minimum atomic E-state index is -0.456. The number of nitrogens with one attached hydrogen (secondary N) is 1. The molecule has 4 nitrogen and oxygen atoms in total. The summed E-state index contributed by atoms with van der Waals surface area (Å²) in [6.45, 7) is 2.12. The van der Waals surface area contributed by atoms with Crippen LogP contribution in [0.3, 0.4) is 0 Å². The Morgan fingerprint density at radius 3 is 3.08 bits per heavy atom. The van der Waals surface area contributed by atoms with E-state index in [9.17, 15) is 4.79 Å². The molecule has 0 atom stereocenters. The number of hydrogen-bond donors (Lipinski definition) is 1. The summed E-state index contributed by atoms with van der Waals surface area (Å²) in [4.78, 5) is 14.6. The van der Waals surface area contributed by atoms with E-state index in [1.807, 2.05) is 0 Å². The van der Waals surface area contributed by atoms with E-state index in [0.29, 0.717) is 11.7 Å². The molecule has 1 heterocycles. The zero-order chi connectivity index (χ0) is 8.10. The van der Waals surface area contributed by atoms with Crippen molar-refractivity contribution in [2.24, 2.45) is 0 Å². The summed E-state index contributed by atoms with van der Waals surface area (Å²) in [5.41, 5.74) is 0. The summed E-state index contributed by atoms with van der Waals surface area (Å²) in [6, 6.07) is 0. The molecule has 1 aromatic rings. The van der Waals surface area contributed by atoms with Gasteiger partial charge in [-0.3, -0.25) is 5.32 Å². The van der Waals surface area contributed by atoms with Gasteiger partial charge in [-0.2, -0.15) is 0 Å². The molecular weight excluding hydrogens is 203 g/mol. The summed E-state index contributed by atoms with van der Waals surface area (Å²) in [5, 5.41) is 4.81. The average Bonchev–Trinajstić information content (AvgIpc) is 2.40. The van der Waals surface area contributed by atoms with E-state index in [4.69, 9.17) is 0 Å². The van der Waals surface area contributed by atoms with Crippen LogP contribution in [-0.4, -0.2) is 69.1 Å². The maximum atomic E-state index is 10.7. The maximum absolute atomic E-state index is 10.7. The van der Waals surface area contributed by atoms with Crippen molar-refractivity contribution >= 4 is 73.9 Å². The molecule has 0 aliphatic rings. The Labute approximate surface area is 117 Å². The monoisotopic (exact) mass is 211 g/mol. The van der Waals surface area contributed by atoms with Gasteiger partial charge in [0.1, 0.15) is 0 Å². The third-order valence-corrected chi connectivity index (χ3v) is 1.61. The quantitative estimate of drug-likeness (QED) is 0.751. The summed E-state index contributed by atoms with van der Waals surface area (Å²) >= 11 is 1.35. The molecule has 0 aliphatic heterocycles. The SMILES string of the molecule is CCOC(=O)Nc1nccs1.[K]. The second-order valence-electron chi connectivity index (χ2n) is 1.68. The average molecular weight is 211 g/mol. The van der Waals surface area contributed by atoms with Gasteiger partial charge in [-0.15, -0.1) is 11.3 Å². The van der Waals surface area contributed by atoms with Crippen molar-refractivity contribution in [2.75, 3.05) is 11.9 Å². The minimum absolute atomic E-state index is 0. The molecule has 0 saturated heterocycles. The van der Waals surface area contributed by atoms with E-state index < -0.39 is 6.09 Å². The molecule has 1 rings (SSSR count). The number of hydrogen-bond acceptors (Lipinski definition) is 4. The van der Waals surface area contributed by atoms with Gasteiger partial charge in [0.05, 0.1) is 6.61 Å². The number of ether oxygens (including phenoxy) is 1. The van der Waals surface area contributed by atoms with Gasteiger partial charge >= 0.3 is 6.09 Å². The molecule has 1 N–H and O–H groups in total. The van der Waals surface area contributed by atoms with Crippen molar-refractivity contribution in [1.29, 1.82) is 0 Å². The number of aromatic nitrogens is 1. The fourth-order valence-electron chi connectivity index (χ4n) is 0.540. The first-order valence-electron chi connectivity index (χ1n) is 3.16. The van der Waals surface area contributed by atoms with Gasteiger partial charge in [-0.25, -0.2) is 9.78 Å². The number of carbonyl (C=O) groups excluding carboxylic acids is 1. The first kappa shape index (κ1) is 12.5. The predicted molar refractivity (Wildman–Crippen MR) is 48.5 cm³/mol. The number of carbonyl (C=O) groups is 1. The van der Waals surface area contributed by atoms with Crippen LogP contribution in [0.5, 0.6) is 0 Å². The largest absolute Gasteiger partial charge is 0.450 e. The van der Waals surface area contributed by atoms with Crippen LogP contribution in [0.15, 0.2) is 11.6 Å². The molecule has 6 heteroatoms. The van der Waals surface area contributed by atoms with Crippen molar-refractivity contribution in [3.05, 3.63) is 11.6 Å². The summed E-state index contributed by atoms with van der Waals surface area (Å²) in [6.07, 6.45) is 1.16. The molecule has 0 aromatic carbocycles. The van der Waals surface area contributed by atoms with E-state index in [1.54, 1.807) is 18.5 Å². The zero-order valence-electron chi connectivity index (χ0n) is 7.03. The zero-order valence-corrected chi connectivity index (χ0v) is 11.0. The van der Waals surface area contributed by atoms with Gasteiger partial charge < -0.3 is 4.74 Å². The molecule has 0 spiro atoms. The molecule has 0 bridgehead atoms. The van der Waals surface area contributed by atoms with Crippen LogP contribution in [0, 0.1) is 0 Å². The Balaban J connectivity index is 0.00000121. The van der Waals surface area contributed by atoms with E-state index in [1.165, 1.54) is 11.3 Å². The summed E-state index contributed by atoms with van der Waals surface area (Å²) in [5.74, 6) is 0. The van der Waals surface area contributed by atoms with Crippen LogP contribution in [0.1, 0.15) is 6.92 Å². The molecular formula is C6H8KN2O2S. The van der Waals surface area contributed by atoms with Gasteiger partial charge in [0.15, 0.2) is 5.13 Å². The van der Waals surface area contributed by atoms with Crippen LogP contribution >= 0.6 is 11.3 Å². The number of amides is 1. The number of anilines is 1. The fourth-order valence-corrected chi connectivity index (χ4v) is 1.05. The molecule has 12 heavy (non-hydrogen) atoms. The maximum Gasteiger partial charge on any atom is 0.413 e. The Bertz CT molecular complexity index is 227. The molecule has 0 aliphatic carbocycles. The normalized spacial score (nSPS) is 8.42. The van der Waals surface area contributed by atoms with E-state index >= 15 is 0 Å². The van der Waals surface area contributed by atoms with Gasteiger partial charge in [-0.1, -0.05) is 0 Å². The van der Waals surface area contributed by atoms with Crippen molar-refractivity contribution in [1.82, 2.24) is 4.98 Å². The van der Waals surface area contributed by atoms with Gasteiger partial charge in [0.2, 0.25) is 0 Å². The standard InChI is InChI=1S/C6H8N2O2S.K/c1-2-10-6(9)8-5-7-3-4-11-5;/h3-4H,2H2,1H3,(H,7,8,9);. The van der Waals surface area contributed by atoms with Gasteiger partial charge in [-0.05, 0) is 6.92 Å². The van der Waals surface area contributed by atoms with Crippen molar-refractivity contribution in [2.45, 2.75) is 6.92 Å². The van der Waals surface area contributed by atoms with Gasteiger partial charge in [0, 0.05) is 63.0 Å². The van der Waals surface area contributed by atoms with E-state index in [-0.39, 0.29) is 51.4 Å². The predicted octanol–water partition coefficient (Wildman–Crippen LogP) is 1.33. The number of rotatable bonds is 2. The Morgan fingerprint density at radius 2 is 2.58 bits per heavy atom. The summed E-state index contributed by atoms with van der Waals surface area (Å²) in [7, 11) is 0. The molecule has 0 fully saturated rings. The first-order valence-corrected chi connectivity index (χ1v) is 4.04. The third-order valence-electron chi connectivity index (χ3n) is 0.917. The van der Waals surface area contributed by atoms with Crippen molar-refractivity contribution in [3.63, 3.8) is 0 Å². The van der Waals surface area contributed by atoms with Crippen molar-refractivity contribution < 1.29 is 9.53 Å². The Hall–Kier alpha value is 0.536. The molecule has 0 saturated carbocycles. The van der Waals surface area contributed by atoms with Crippen LogP contribution in [0.25, 0.3) is 0 Å². The number of nitrogens with zero attached hydrogens (tertiary/aromatic N) is 1. The third kappa shape index (κ3) is 4.53. The smallest absolute Gasteiger partial charge is 0.413 e. The molecule has 1 radical (unpaired) electrons. The molecule has 61 valence electrons. The van der Waals surface area contributed by atoms with Crippen LogP contribution < -0.4 is 5.32 Å². The second-order valence-corrected chi connectivity index (χ2v) is 2.58. The minimum Gasteiger partial charge on any atom is -0.450 e.